The van der Waals surface area contributed by atoms with Crippen molar-refractivity contribution in [1.82, 2.24) is 30.1 Å². The number of aromatic amines is 1. The van der Waals surface area contributed by atoms with Crippen LogP contribution >= 0.6 is 34.9 Å². The van der Waals surface area contributed by atoms with Gasteiger partial charge in [-0.3, -0.25) is 10.1 Å². The van der Waals surface area contributed by atoms with Gasteiger partial charge in [-0.25, -0.2) is 15.0 Å². The molecule has 1 amide bonds. The fraction of sp³-hybridized carbons (Fsp3) is 0.385. The number of H-pyrrole nitrogens is 1. The third-order valence-corrected chi connectivity index (χ3v) is 6.23. The van der Waals surface area contributed by atoms with Gasteiger partial charge in [-0.1, -0.05) is 48.7 Å². The Labute approximate surface area is 150 Å². The molecule has 126 valence electrons. The molecule has 0 spiro atoms. The van der Waals surface area contributed by atoms with E-state index in [1.807, 2.05) is 13.8 Å². The molecule has 3 heterocycles. The van der Waals surface area contributed by atoms with E-state index in [0.29, 0.717) is 22.2 Å². The molecule has 0 aromatic carbocycles. The molecule has 0 radical (unpaired) electrons. The molecule has 0 aliphatic heterocycles. The summed E-state index contributed by atoms with van der Waals surface area (Å²) in [5.41, 5.74) is 1.33. The molecule has 3 aromatic heterocycles. The highest BCUT2D eigenvalue weighted by Gasteiger charge is 2.22. The second-order valence-electron chi connectivity index (χ2n) is 4.59. The van der Waals surface area contributed by atoms with Gasteiger partial charge in [0.05, 0.1) is 11.6 Å². The molecule has 0 aliphatic carbocycles. The Morgan fingerprint density at radius 3 is 3.00 bits per heavy atom. The first kappa shape index (κ1) is 17.1. The van der Waals surface area contributed by atoms with Gasteiger partial charge < -0.3 is 4.98 Å². The highest BCUT2D eigenvalue weighted by Crippen LogP contribution is 2.30. The van der Waals surface area contributed by atoms with Gasteiger partial charge in [-0.05, 0) is 12.2 Å². The summed E-state index contributed by atoms with van der Waals surface area (Å²) in [6.45, 7) is 4.01. The number of amides is 1. The monoisotopic (exact) mass is 381 g/mol. The van der Waals surface area contributed by atoms with Crippen LogP contribution in [0.3, 0.4) is 0 Å². The van der Waals surface area contributed by atoms with Crippen molar-refractivity contribution in [3.8, 4) is 0 Å². The van der Waals surface area contributed by atoms with Gasteiger partial charge in [0.25, 0.3) is 0 Å². The van der Waals surface area contributed by atoms with Crippen molar-refractivity contribution in [2.45, 2.75) is 34.9 Å². The second-order valence-corrected chi connectivity index (χ2v) is 8.27. The number of carbonyl (C=O) groups excluding carboxylic acids is 1. The Morgan fingerprint density at radius 1 is 1.33 bits per heavy atom. The summed E-state index contributed by atoms with van der Waals surface area (Å²) in [5, 5.41) is 11.8. The maximum Gasteiger partial charge on any atom is 0.239 e. The number of anilines is 1. The minimum atomic E-state index is -0.294. The zero-order valence-corrected chi connectivity index (χ0v) is 15.5. The van der Waals surface area contributed by atoms with E-state index in [0.717, 1.165) is 15.6 Å². The Morgan fingerprint density at radius 2 is 2.21 bits per heavy atom. The molecule has 3 rings (SSSR count). The molecule has 2 N–H and O–H groups in total. The topological polar surface area (TPSA) is 109 Å². The van der Waals surface area contributed by atoms with Crippen LogP contribution in [0.15, 0.2) is 22.0 Å². The lowest BCUT2D eigenvalue weighted by atomic mass is 10.3. The van der Waals surface area contributed by atoms with Crippen molar-refractivity contribution in [2.75, 3.05) is 11.1 Å². The predicted octanol–water partition coefficient (Wildman–Crippen LogP) is 2.83. The Bertz CT molecular complexity index is 834. The molecule has 0 aliphatic rings. The van der Waals surface area contributed by atoms with Gasteiger partial charge in [0.15, 0.2) is 9.99 Å². The van der Waals surface area contributed by atoms with Gasteiger partial charge in [-0.15, -0.1) is 10.2 Å². The number of rotatable bonds is 7. The summed E-state index contributed by atoms with van der Waals surface area (Å²) in [6, 6.07) is 0. The highest BCUT2D eigenvalue weighted by atomic mass is 32.2. The van der Waals surface area contributed by atoms with E-state index in [1.165, 1.54) is 29.4 Å². The highest BCUT2D eigenvalue weighted by molar-refractivity contribution is 8.01. The van der Waals surface area contributed by atoms with Crippen LogP contribution in [0.1, 0.15) is 20.3 Å². The van der Waals surface area contributed by atoms with Crippen LogP contribution in [0.25, 0.3) is 11.2 Å². The van der Waals surface area contributed by atoms with Crippen LogP contribution in [0.4, 0.5) is 5.13 Å². The third kappa shape index (κ3) is 3.84. The van der Waals surface area contributed by atoms with Gasteiger partial charge in [0.1, 0.15) is 16.9 Å². The lowest BCUT2D eigenvalue weighted by molar-refractivity contribution is -0.115. The first-order valence-corrected chi connectivity index (χ1v) is 9.97. The van der Waals surface area contributed by atoms with Crippen LogP contribution in [-0.4, -0.2) is 47.0 Å². The number of thioether (sulfide) groups is 2. The van der Waals surface area contributed by atoms with E-state index >= 15 is 0 Å². The molecule has 3 aromatic rings. The van der Waals surface area contributed by atoms with Crippen molar-refractivity contribution < 1.29 is 4.79 Å². The average Bonchev–Trinajstić information content (AvgIpc) is 3.22. The molecular formula is C13H15N7OS3. The summed E-state index contributed by atoms with van der Waals surface area (Å²) in [5.74, 6) is 0.808. The van der Waals surface area contributed by atoms with Crippen LogP contribution in [0, 0.1) is 0 Å². The van der Waals surface area contributed by atoms with Crippen molar-refractivity contribution in [2.24, 2.45) is 0 Å². The van der Waals surface area contributed by atoms with E-state index in [4.69, 9.17) is 0 Å². The maximum absolute atomic E-state index is 12.5. The van der Waals surface area contributed by atoms with Gasteiger partial charge >= 0.3 is 0 Å². The van der Waals surface area contributed by atoms with E-state index < -0.39 is 0 Å². The molecule has 0 fully saturated rings. The summed E-state index contributed by atoms with van der Waals surface area (Å²) in [4.78, 5) is 28.0. The summed E-state index contributed by atoms with van der Waals surface area (Å²) < 4.78 is 0.850. The van der Waals surface area contributed by atoms with Crippen molar-refractivity contribution >= 4 is 57.1 Å². The lowest BCUT2D eigenvalue weighted by Gasteiger charge is -2.12. The predicted molar refractivity (Wildman–Crippen MR) is 96.6 cm³/mol. The number of hydrogen-bond acceptors (Lipinski definition) is 9. The summed E-state index contributed by atoms with van der Waals surface area (Å²) in [7, 11) is 0. The molecule has 24 heavy (non-hydrogen) atoms. The number of nitrogens with one attached hydrogen (secondary N) is 2. The molecular weight excluding hydrogens is 366 g/mol. The van der Waals surface area contributed by atoms with Crippen molar-refractivity contribution in [3.63, 3.8) is 0 Å². The largest absolute Gasteiger partial charge is 0.341 e. The first-order valence-electron chi connectivity index (χ1n) is 7.29. The normalized spacial score (nSPS) is 12.4. The minimum Gasteiger partial charge on any atom is -0.341 e. The third-order valence-electron chi connectivity index (χ3n) is 3.01. The molecule has 8 nitrogen and oxygen atoms in total. The Kier molecular flexibility index (Phi) is 5.63. The quantitative estimate of drug-likeness (QED) is 0.365. The molecule has 0 bridgehead atoms. The van der Waals surface area contributed by atoms with E-state index in [2.05, 4.69) is 35.5 Å². The lowest BCUT2D eigenvalue weighted by Crippen LogP contribution is -2.24. The number of hydrogen-bond donors (Lipinski definition) is 2. The maximum atomic E-state index is 12.5. The SMILES string of the molecule is CCSc1nnc(NC(=O)[C@H](CC)Sc2ncnc3nc[nH]c23)s1. The molecule has 0 saturated carbocycles. The number of aromatic nitrogens is 6. The second kappa shape index (κ2) is 7.90. The van der Waals surface area contributed by atoms with Gasteiger partial charge in [-0.2, -0.15) is 0 Å². The molecule has 11 heteroatoms. The fourth-order valence-corrected chi connectivity index (χ4v) is 4.55. The number of fused-ring (bicyclic) bond motifs is 1. The van der Waals surface area contributed by atoms with Gasteiger partial charge in [0.2, 0.25) is 11.0 Å². The molecule has 0 saturated heterocycles. The van der Waals surface area contributed by atoms with Crippen LogP contribution in [0.2, 0.25) is 0 Å². The van der Waals surface area contributed by atoms with E-state index in [9.17, 15) is 4.79 Å². The van der Waals surface area contributed by atoms with Crippen LogP contribution < -0.4 is 5.32 Å². The smallest absolute Gasteiger partial charge is 0.239 e. The minimum absolute atomic E-state index is 0.113. The Balaban J connectivity index is 1.70. The standard InChI is InChI=1S/C13H15N7OS3/c1-3-7(10(21)18-12-19-20-13(24-12)22-4-2)23-11-8-9(15-5-14-8)16-6-17-11/h5-7H,3-4H2,1-2H3,(H,18,19,21)(H,14,15,16,17)/t7-/m0/s1. The number of carbonyl (C=O) groups is 1. The van der Waals surface area contributed by atoms with E-state index in [-0.39, 0.29) is 11.2 Å². The fourth-order valence-electron chi connectivity index (χ4n) is 1.92. The molecule has 0 unspecified atom stereocenters. The number of nitrogens with zero attached hydrogens (tertiary/aromatic N) is 5. The van der Waals surface area contributed by atoms with Crippen molar-refractivity contribution in [3.05, 3.63) is 12.7 Å². The number of imidazole rings is 1. The van der Waals surface area contributed by atoms with Gasteiger partial charge in [0, 0.05) is 0 Å². The van der Waals surface area contributed by atoms with Crippen LogP contribution in [0.5, 0.6) is 0 Å². The average molecular weight is 382 g/mol. The summed E-state index contributed by atoms with van der Waals surface area (Å²) in [6.07, 6.45) is 3.68. The first-order chi connectivity index (χ1) is 11.7. The van der Waals surface area contributed by atoms with E-state index in [1.54, 1.807) is 18.1 Å². The van der Waals surface area contributed by atoms with Crippen LogP contribution in [-0.2, 0) is 4.79 Å². The molecule has 1 atom stereocenters. The Hall–Kier alpha value is -1.72. The summed E-state index contributed by atoms with van der Waals surface area (Å²) >= 11 is 4.37. The zero-order valence-electron chi connectivity index (χ0n) is 13.0. The zero-order chi connectivity index (χ0) is 16.9. The van der Waals surface area contributed by atoms with Crippen molar-refractivity contribution in [1.29, 1.82) is 0 Å².